The van der Waals surface area contributed by atoms with Gasteiger partial charge in [0.05, 0.1) is 51.0 Å². The van der Waals surface area contributed by atoms with E-state index in [1.807, 2.05) is 60.7 Å². The van der Waals surface area contributed by atoms with Gasteiger partial charge in [-0.2, -0.15) is 0 Å². The first kappa shape index (κ1) is 25.9. The van der Waals surface area contributed by atoms with E-state index < -0.39 is 11.6 Å². The third-order valence-corrected chi connectivity index (χ3v) is 6.90. The molecule has 0 aliphatic carbocycles. The Morgan fingerprint density at radius 2 is 0.805 bits per heavy atom. The lowest BCUT2D eigenvalue weighted by atomic mass is 10.0. The number of rotatable bonds is 0. The fourth-order valence-electron chi connectivity index (χ4n) is 5.07. The summed E-state index contributed by atoms with van der Waals surface area (Å²) >= 11 is 0. The lowest BCUT2D eigenvalue weighted by molar-refractivity contribution is -0.136. The Labute approximate surface area is 236 Å². The standard InChI is InChI=1S/C30H28N4O7/c1-5-21-22-6-2-8-24(32-22)30(40-19-20-41-30)26-10-4-12-28(34-26)37-16-14-35-13-15-36-27-11-3-9-25(33-27)29(23(7-1)31-21)38-17-18-39-29/h1-12H,13-20H2. The molecule has 0 unspecified atom stereocenters. The maximum Gasteiger partial charge on any atom is 0.257 e. The van der Waals surface area contributed by atoms with Gasteiger partial charge in [-0.1, -0.05) is 24.3 Å². The van der Waals surface area contributed by atoms with E-state index in [0.717, 1.165) is 0 Å². The van der Waals surface area contributed by atoms with Crippen molar-refractivity contribution in [1.29, 1.82) is 0 Å². The molecule has 4 aromatic heterocycles. The fraction of sp³-hybridized carbons (Fsp3) is 0.333. The minimum absolute atomic E-state index is 0.311. The number of fused-ring (bicyclic) bond motifs is 13. The van der Waals surface area contributed by atoms with Crippen LogP contribution in [-0.2, 0) is 35.3 Å². The summed E-state index contributed by atoms with van der Waals surface area (Å²) in [6.45, 7) is 2.91. The van der Waals surface area contributed by atoms with Crippen molar-refractivity contribution in [3.63, 3.8) is 0 Å². The zero-order chi connectivity index (χ0) is 27.5. The molecule has 11 heteroatoms. The summed E-state index contributed by atoms with van der Waals surface area (Å²) in [5, 5.41) is 0. The Bertz CT molecular complexity index is 1410. The second kappa shape index (κ2) is 11.1. The summed E-state index contributed by atoms with van der Waals surface area (Å²) in [6.07, 6.45) is 0. The first-order valence-electron chi connectivity index (χ1n) is 13.5. The van der Waals surface area contributed by atoms with Gasteiger partial charge < -0.3 is 33.2 Å². The van der Waals surface area contributed by atoms with Gasteiger partial charge in [0.2, 0.25) is 11.8 Å². The van der Waals surface area contributed by atoms with Gasteiger partial charge in [-0.25, -0.2) is 19.9 Å². The summed E-state index contributed by atoms with van der Waals surface area (Å²) in [4.78, 5) is 19.3. The van der Waals surface area contributed by atoms with Crippen LogP contribution in [0.25, 0.3) is 11.4 Å². The smallest absolute Gasteiger partial charge is 0.257 e. The molecular weight excluding hydrogens is 528 g/mol. The number of hydrogen-bond donors (Lipinski definition) is 0. The molecule has 8 bridgehead atoms. The first-order chi connectivity index (χ1) is 20.3. The number of pyridine rings is 4. The highest BCUT2D eigenvalue weighted by Crippen LogP contribution is 2.39. The largest absolute Gasteiger partial charge is 0.475 e. The van der Waals surface area contributed by atoms with Crippen molar-refractivity contribution in [2.75, 3.05) is 52.9 Å². The van der Waals surface area contributed by atoms with E-state index in [9.17, 15) is 0 Å². The van der Waals surface area contributed by atoms with Crippen molar-refractivity contribution in [3.05, 3.63) is 95.6 Å². The van der Waals surface area contributed by atoms with Gasteiger partial charge in [0, 0.05) is 12.1 Å². The molecule has 3 aliphatic heterocycles. The monoisotopic (exact) mass is 556 g/mol. The second-order valence-corrected chi connectivity index (χ2v) is 9.47. The predicted octanol–water partition coefficient (Wildman–Crippen LogP) is 3.22. The minimum Gasteiger partial charge on any atom is -0.475 e. The lowest BCUT2D eigenvalue weighted by Crippen LogP contribution is -2.32. The number of nitrogens with zero attached hydrogens (tertiary/aromatic N) is 4. The first-order valence-corrected chi connectivity index (χ1v) is 13.5. The molecule has 210 valence electrons. The predicted molar refractivity (Wildman–Crippen MR) is 143 cm³/mol. The summed E-state index contributed by atoms with van der Waals surface area (Å²) in [6, 6.07) is 22.2. The van der Waals surface area contributed by atoms with Crippen LogP contribution in [0, 0.1) is 0 Å². The molecule has 2 saturated heterocycles. The Hall–Kier alpha value is -4.00. The van der Waals surface area contributed by atoms with E-state index >= 15 is 0 Å². The molecule has 7 rings (SSSR count). The van der Waals surface area contributed by atoms with Gasteiger partial charge >= 0.3 is 0 Å². The highest BCUT2D eigenvalue weighted by molar-refractivity contribution is 5.55. The quantitative estimate of drug-likeness (QED) is 0.318. The van der Waals surface area contributed by atoms with Crippen LogP contribution in [0.1, 0.15) is 22.8 Å². The summed E-state index contributed by atoms with van der Waals surface area (Å²) in [5.74, 6) is -1.72. The van der Waals surface area contributed by atoms with Crippen LogP contribution in [0.3, 0.4) is 0 Å². The van der Waals surface area contributed by atoms with Crippen molar-refractivity contribution in [2.24, 2.45) is 0 Å². The molecule has 2 spiro atoms. The Morgan fingerprint density at radius 1 is 0.415 bits per heavy atom. The van der Waals surface area contributed by atoms with Crippen LogP contribution in [0.4, 0.5) is 0 Å². The average Bonchev–Trinajstić information content (AvgIpc) is 3.73. The molecule has 4 aromatic rings. The molecular formula is C30H28N4O7. The van der Waals surface area contributed by atoms with Crippen LogP contribution >= 0.6 is 0 Å². The van der Waals surface area contributed by atoms with Gasteiger partial charge in [0.1, 0.15) is 36.0 Å². The highest BCUT2D eigenvalue weighted by Gasteiger charge is 2.45. The zero-order valence-electron chi connectivity index (χ0n) is 22.2. The van der Waals surface area contributed by atoms with Gasteiger partial charge in [0.15, 0.2) is 0 Å². The highest BCUT2D eigenvalue weighted by atomic mass is 16.7. The molecule has 0 amide bonds. The molecule has 3 aliphatic rings. The Kier molecular flexibility index (Phi) is 7.03. The maximum absolute atomic E-state index is 6.19. The molecule has 7 heterocycles. The van der Waals surface area contributed by atoms with Crippen LogP contribution in [-0.4, -0.2) is 72.8 Å². The number of hydrogen-bond acceptors (Lipinski definition) is 11. The molecule has 11 nitrogen and oxygen atoms in total. The van der Waals surface area contributed by atoms with Gasteiger partial charge in [-0.3, -0.25) is 0 Å². The van der Waals surface area contributed by atoms with Crippen LogP contribution in [0.5, 0.6) is 11.8 Å². The van der Waals surface area contributed by atoms with Crippen molar-refractivity contribution in [3.8, 4) is 23.1 Å². The summed E-state index contributed by atoms with van der Waals surface area (Å²) in [7, 11) is 0. The van der Waals surface area contributed by atoms with Crippen molar-refractivity contribution in [2.45, 2.75) is 11.6 Å². The Morgan fingerprint density at radius 3 is 1.24 bits per heavy atom. The fourth-order valence-corrected chi connectivity index (χ4v) is 5.07. The van der Waals surface area contributed by atoms with Crippen molar-refractivity contribution < 1.29 is 33.2 Å². The molecule has 0 saturated carbocycles. The number of ether oxygens (including phenoxy) is 7. The van der Waals surface area contributed by atoms with Crippen LogP contribution < -0.4 is 9.47 Å². The van der Waals surface area contributed by atoms with E-state index in [4.69, 9.17) is 53.1 Å². The third kappa shape index (κ3) is 4.92. The van der Waals surface area contributed by atoms with Gasteiger partial charge in [-0.05, 0) is 36.4 Å². The van der Waals surface area contributed by atoms with Gasteiger partial charge in [-0.15, -0.1) is 0 Å². The average molecular weight is 557 g/mol. The topological polar surface area (TPSA) is 116 Å². The molecule has 41 heavy (non-hydrogen) atoms. The molecule has 0 radical (unpaired) electrons. The van der Waals surface area contributed by atoms with Crippen LogP contribution in [0.15, 0.2) is 72.8 Å². The molecule has 2 fully saturated rings. The number of aromatic nitrogens is 4. The van der Waals surface area contributed by atoms with E-state index in [2.05, 4.69) is 0 Å². The SMILES string of the molecule is c1cc2nc(c1)C1(OCCO1)c1cccc(n1)-c1cccc(n1)C1(OCCO1)c1cccc(n1)OCCOCCO2. The molecule has 0 atom stereocenters. The normalized spacial score (nSPS) is 19.7. The van der Waals surface area contributed by atoms with E-state index in [1.165, 1.54) is 0 Å². The van der Waals surface area contributed by atoms with E-state index in [0.29, 0.717) is 98.8 Å². The second-order valence-electron chi connectivity index (χ2n) is 9.47. The van der Waals surface area contributed by atoms with Crippen molar-refractivity contribution in [1.82, 2.24) is 19.9 Å². The van der Waals surface area contributed by atoms with E-state index in [-0.39, 0.29) is 0 Å². The van der Waals surface area contributed by atoms with Crippen LogP contribution in [0.2, 0.25) is 0 Å². The zero-order valence-corrected chi connectivity index (χ0v) is 22.2. The lowest BCUT2D eigenvalue weighted by Gasteiger charge is -2.27. The molecule has 0 aromatic carbocycles. The van der Waals surface area contributed by atoms with Crippen molar-refractivity contribution >= 4 is 0 Å². The summed E-state index contributed by atoms with van der Waals surface area (Å²) in [5.41, 5.74) is 3.42. The minimum atomic E-state index is -1.29. The Balaban J connectivity index is 1.34. The third-order valence-electron chi connectivity index (χ3n) is 6.90. The molecule has 0 N–H and O–H groups in total. The summed E-state index contributed by atoms with van der Waals surface area (Å²) < 4.78 is 42.2. The van der Waals surface area contributed by atoms with E-state index in [1.54, 1.807) is 12.1 Å². The maximum atomic E-state index is 6.19. The van der Waals surface area contributed by atoms with Gasteiger partial charge in [0.25, 0.3) is 11.6 Å².